The Morgan fingerprint density at radius 3 is 2.50 bits per heavy atom. The van der Waals surface area contributed by atoms with Crippen molar-refractivity contribution in [3.63, 3.8) is 0 Å². The zero-order chi connectivity index (χ0) is 14.6. The first-order valence-corrected chi connectivity index (χ1v) is 8.55. The van der Waals surface area contributed by atoms with Crippen LogP contribution in [0.5, 0.6) is 5.75 Å². The van der Waals surface area contributed by atoms with E-state index < -0.39 is 9.05 Å². The number of halogens is 1. The third-order valence-electron chi connectivity index (χ3n) is 2.92. The summed E-state index contributed by atoms with van der Waals surface area (Å²) in [6.45, 7) is 4.22. The van der Waals surface area contributed by atoms with Crippen LogP contribution < -0.4 is 4.74 Å². The topological polar surface area (TPSA) is 43.4 Å². The molecule has 2 aromatic carbocycles. The molecule has 0 radical (unpaired) electrons. The molecule has 106 valence electrons. The summed E-state index contributed by atoms with van der Waals surface area (Å²) < 4.78 is 28.8. The van der Waals surface area contributed by atoms with Crippen LogP contribution in [-0.2, 0) is 9.05 Å². The van der Waals surface area contributed by atoms with Crippen LogP contribution in [0.25, 0.3) is 10.8 Å². The maximum Gasteiger partial charge on any atom is 0.261 e. The van der Waals surface area contributed by atoms with Crippen LogP contribution in [0.15, 0.2) is 53.9 Å². The summed E-state index contributed by atoms with van der Waals surface area (Å²) in [5.74, 6) is 0.661. The molecule has 0 aliphatic heterocycles. The van der Waals surface area contributed by atoms with E-state index in [0.717, 1.165) is 18.2 Å². The molecular weight excluding hydrogens is 296 g/mol. The molecule has 0 spiro atoms. The van der Waals surface area contributed by atoms with Gasteiger partial charge in [0, 0.05) is 21.5 Å². The van der Waals surface area contributed by atoms with Gasteiger partial charge in [0.05, 0.1) is 11.5 Å². The smallest absolute Gasteiger partial charge is 0.261 e. The predicted octanol–water partition coefficient (Wildman–Crippen LogP) is 4.11. The monoisotopic (exact) mass is 310 g/mol. The van der Waals surface area contributed by atoms with E-state index in [1.54, 1.807) is 18.2 Å². The van der Waals surface area contributed by atoms with Gasteiger partial charge >= 0.3 is 0 Å². The number of unbranched alkanes of at least 4 members (excludes halogenated alkanes) is 1. The summed E-state index contributed by atoms with van der Waals surface area (Å²) in [4.78, 5) is 0.105. The third kappa shape index (κ3) is 3.32. The Labute approximate surface area is 123 Å². The molecule has 0 fully saturated rings. The fourth-order valence-electron chi connectivity index (χ4n) is 1.99. The second kappa shape index (κ2) is 6.29. The summed E-state index contributed by atoms with van der Waals surface area (Å²) >= 11 is 0. The molecule has 0 amide bonds. The molecule has 0 N–H and O–H groups in total. The Balaban J connectivity index is 2.41. The Bertz CT molecular complexity index is 723. The largest absolute Gasteiger partial charge is 0.493 e. The summed E-state index contributed by atoms with van der Waals surface area (Å²) in [6, 6.07) is 10.3. The van der Waals surface area contributed by atoms with Gasteiger partial charge in [0.2, 0.25) is 0 Å². The average Bonchev–Trinajstić information content (AvgIpc) is 2.42. The molecule has 0 unspecified atom stereocenters. The summed E-state index contributed by atoms with van der Waals surface area (Å²) in [7, 11) is 1.68. The van der Waals surface area contributed by atoms with Gasteiger partial charge in [-0.2, -0.15) is 0 Å². The van der Waals surface area contributed by atoms with Crippen molar-refractivity contribution in [2.75, 3.05) is 6.61 Å². The van der Waals surface area contributed by atoms with Gasteiger partial charge < -0.3 is 4.74 Å². The van der Waals surface area contributed by atoms with Crippen molar-refractivity contribution in [1.82, 2.24) is 0 Å². The minimum absolute atomic E-state index is 0.105. The van der Waals surface area contributed by atoms with Crippen molar-refractivity contribution >= 4 is 30.5 Å². The van der Waals surface area contributed by atoms with E-state index in [9.17, 15) is 8.42 Å². The number of rotatable bonds is 6. The van der Waals surface area contributed by atoms with Gasteiger partial charge in [-0.25, -0.2) is 8.42 Å². The number of fused-ring (bicyclic) bond motifs is 1. The molecule has 0 atom stereocenters. The van der Waals surface area contributed by atoms with Gasteiger partial charge in [-0.15, -0.1) is 6.58 Å². The van der Waals surface area contributed by atoms with E-state index >= 15 is 0 Å². The normalized spacial score (nSPS) is 11.4. The van der Waals surface area contributed by atoms with Crippen LogP contribution in [0, 0.1) is 0 Å². The average molecular weight is 311 g/mol. The van der Waals surface area contributed by atoms with Crippen molar-refractivity contribution < 1.29 is 13.2 Å². The summed E-state index contributed by atoms with van der Waals surface area (Å²) in [6.07, 6.45) is 3.59. The van der Waals surface area contributed by atoms with Gasteiger partial charge in [-0.3, -0.25) is 0 Å². The first-order chi connectivity index (χ1) is 9.54. The second-order valence-electron chi connectivity index (χ2n) is 4.32. The molecule has 0 bridgehead atoms. The molecule has 0 aliphatic carbocycles. The lowest BCUT2D eigenvalue weighted by atomic mass is 10.1. The van der Waals surface area contributed by atoms with Crippen molar-refractivity contribution in [2.45, 2.75) is 17.7 Å². The van der Waals surface area contributed by atoms with E-state index in [2.05, 4.69) is 6.58 Å². The predicted molar refractivity (Wildman–Crippen MR) is 81.9 cm³/mol. The van der Waals surface area contributed by atoms with Crippen molar-refractivity contribution in [2.24, 2.45) is 0 Å². The molecule has 0 heterocycles. The molecule has 2 aromatic rings. The molecule has 0 aromatic heterocycles. The standard InChI is InChI=1S/C15H15ClO3S/c1-2-3-6-11-19-14-9-10-15(20(16,17)18)13-8-5-4-7-12(13)14/h2,4-5,7-10H,1,3,6,11H2. The zero-order valence-corrected chi connectivity index (χ0v) is 12.5. The Morgan fingerprint density at radius 1 is 1.15 bits per heavy atom. The summed E-state index contributed by atoms with van der Waals surface area (Å²) in [5, 5.41) is 1.32. The first kappa shape index (κ1) is 14.9. The number of allylic oxidation sites excluding steroid dienone is 1. The molecule has 3 nitrogen and oxygen atoms in total. The Kier molecular flexibility index (Phi) is 4.68. The molecule has 0 saturated carbocycles. The van der Waals surface area contributed by atoms with Crippen LogP contribution >= 0.6 is 10.7 Å². The lowest BCUT2D eigenvalue weighted by Crippen LogP contribution is -1.99. The highest BCUT2D eigenvalue weighted by Crippen LogP contribution is 2.32. The van der Waals surface area contributed by atoms with Crippen LogP contribution in [-0.4, -0.2) is 15.0 Å². The minimum Gasteiger partial charge on any atom is -0.493 e. The molecule has 0 aliphatic rings. The van der Waals surface area contributed by atoms with Crippen molar-refractivity contribution in [3.8, 4) is 5.75 Å². The Morgan fingerprint density at radius 2 is 1.85 bits per heavy atom. The third-order valence-corrected chi connectivity index (χ3v) is 4.30. The van der Waals surface area contributed by atoms with Crippen LogP contribution in [0.3, 0.4) is 0 Å². The van der Waals surface area contributed by atoms with Crippen LogP contribution in [0.2, 0.25) is 0 Å². The lowest BCUT2D eigenvalue weighted by molar-refractivity contribution is 0.315. The van der Waals surface area contributed by atoms with E-state index in [1.807, 2.05) is 18.2 Å². The van der Waals surface area contributed by atoms with Gasteiger partial charge in [-0.05, 0) is 25.0 Å². The highest BCUT2D eigenvalue weighted by molar-refractivity contribution is 8.14. The second-order valence-corrected chi connectivity index (χ2v) is 6.86. The molecule has 5 heteroatoms. The fraction of sp³-hybridized carbons (Fsp3) is 0.200. The first-order valence-electron chi connectivity index (χ1n) is 6.24. The van der Waals surface area contributed by atoms with Gasteiger partial charge in [0.15, 0.2) is 0 Å². The van der Waals surface area contributed by atoms with Gasteiger partial charge in [0.25, 0.3) is 9.05 Å². The number of benzene rings is 2. The summed E-state index contributed by atoms with van der Waals surface area (Å²) in [5.41, 5.74) is 0. The van der Waals surface area contributed by atoms with E-state index in [0.29, 0.717) is 17.7 Å². The number of ether oxygens (including phenoxy) is 1. The number of hydrogen-bond donors (Lipinski definition) is 0. The highest BCUT2D eigenvalue weighted by Gasteiger charge is 2.16. The fourth-order valence-corrected chi connectivity index (χ4v) is 3.07. The maximum atomic E-state index is 11.6. The van der Waals surface area contributed by atoms with Crippen molar-refractivity contribution in [1.29, 1.82) is 0 Å². The molecular formula is C15H15ClO3S. The molecule has 2 rings (SSSR count). The quantitative estimate of drug-likeness (QED) is 0.458. The van der Waals surface area contributed by atoms with Gasteiger partial charge in [-0.1, -0.05) is 30.3 Å². The van der Waals surface area contributed by atoms with Crippen molar-refractivity contribution in [3.05, 3.63) is 49.1 Å². The highest BCUT2D eigenvalue weighted by atomic mass is 35.7. The SMILES string of the molecule is C=CCCCOc1ccc(S(=O)(=O)Cl)c2ccccc12. The Hall–Kier alpha value is -1.52. The van der Waals surface area contributed by atoms with Crippen LogP contribution in [0.1, 0.15) is 12.8 Å². The van der Waals surface area contributed by atoms with Crippen LogP contribution in [0.4, 0.5) is 0 Å². The van der Waals surface area contributed by atoms with E-state index in [-0.39, 0.29) is 4.90 Å². The van der Waals surface area contributed by atoms with E-state index in [1.165, 1.54) is 6.07 Å². The molecule has 20 heavy (non-hydrogen) atoms. The maximum absolute atomic E-state index is 11.6. The number of hydrogen-bond acceptors (Lipinski definition) is 3. The minimum atomic E-state index is -3.77. The van der Waals surface area contributed by atoms with E-state index in [4.69, 9.17) is 15.4 Å². The van der Waals surface area contributed by atoms with Gasteiger partial charge in [0.1, 0.15) is 5.75 Å². The molecule has 0 saturated heterocycles. The lowest BCUT2D eigenvalue weighted by Gasteiger charge is -2.11. The zero-order valence-electron chi connectivity index (χ0n) is 10.9.